The molecule has 0 saturated heterocycles. The molecule has 0 saturated carbocycles. The molecule has 2 aromatic rings. The standard InChI is InChI=1S/C15H14ClNO3/c1-20-13-9-5-4-8-12(13)17-14(15(18)19)10-6-2-3-7-11(10)16/h2-9,14,17H,1H3,(H,18,19). The molecule has 4 nitrogen and oxygen atoms in total. The molecule has 20 heavy (non-hydrogen) atoms. The van der Waals surface area contributed by atoms with Gasteiger partial charge in [0.2, 0.25) is 0 Å². The maximum atomic E-state index is 11.5. The average Bonchev–Trinajstić information content (AvgIpc) is 2.46. The number of halogens is 1. The smallest absolute Gasteiger partial charge is 0.330 e. The van der Waals surface area contributed by atoms with Gasteiger partial charge in [0, 0.05) is 10.6 Å². The Morgan fingerprint density at radius 1 is 1.20 bits per heavy atom. The molecule has 1 unspecified atom stereocenters. The van der Waals surface area contributed by atoms with E-state index in [1.807, 2.05) is 6.07 Å². The third-order valence-electron chi connectivity index (χ3n) is 2.87. The van der Waals surface area contributed by atoms with Gasteiger partial charge in [0.25, 0.3) is 0 Å². The minimum Gasteiger partial charge on any atom is -0.495 e. The Balaban J connectivity index is 2.36. The van der Waals surface area contributed by atoms with Crippen LogP contribution < -0.4 is 10.1 Å². The van der Waals surface area contributed by atoms with Crippen molar-refractivity contribution < 1.29 is 14.6 Å². The molecule has 2 aromatic carbocycles. The molecule has 0 aliphatic heterocycles. The van der Waals surface area contributed by atoms with E-state index in [4.69, 9.17) is 16.3 Å². The van der Waals surface area contributed by atoms with Gasteiger partial charge in [0.05, 0.1) is 12.8 Å². The Hall–Kier alpha value is -2.20. The first-order valence-corrected chi connectivity index (χ1v) is 6.38. The number of anilines is 1. The highest BCUT2D eigenvalue weighted by molar-refractivity contribution is 6.31. The van der Waals surface area contributed by atoms with Gasteiger partial charge in [-0.1, -0.05) is 41.9 Å². The van der Waals surface area contributed by atoms with E-state index < -0.39 is 12.0 Å². The third-order valence-corrected chi connectivity index (χ3v) is 3.21. The van der Waals surface area contributed by atoms with Crippen LogP contribution in [-0.4, -0.2) is 18.2 Å². The first-order chi connectivity index (χ1) is 9.63. The number of benzene rings is 2. The fraction of sp³-hybridized carbons (Fsp3) is 0.133. The van der Waals surface area contributed by atoms with E-state index in [0.717, 1.165) is 0 Å². The van der Waals surface area contributed by atoms with Crippen LogP contribution in [0.15, 0.2) is 48.5 Å². The van der Waals surface area contributed by atoms with Crippen molar-refractivity contribution in [3.63, 3.8) is 0 Å². The molecule has 1 atom stereocenters. The lowest BCUT2D eigenvalue weighted by Gasteiger charge is -2.19. The van der Waals surface area contributed by atoms with Gasteiger partial charge in [0.1, 0.15) is 5.75 Å². The van der Waals surface area contributed by atoms with Crippen molar-refractivity contribution in [2.45, 2.75) is 6.04 Å². The number of para-hydroxylation sites is 2. The maximum absolute atomic E-state index is 11.5. The summed E-state index contributed by atoms with van der Waals surface area (Å²) in [6.07, 6.45) is 0. The van der Waals surface area contributed by atoms with Gasteiger partial charge in [-0.25, -0.2) is 4.79 Å². The summed E-state index contributed by atoms with van der Waals surface area (Å²) in [5.41, 5.74) is 1.11. The van der Waals surface area contributed by atoms with E-state index in [2.05, 4.69) is 5.32 Å². The number of aliphatic carboxylic acids is 1. The molecule has 0 fully saturated rings. The summed E-state index contributed by atoms with van der Waals surface area (Å²) in [6, 6.07) is 13.0. The highest BCUT2D eigenvalue weighted by Gasteiger charge is 2.22. The fourth-order valence-corrected chi connectivity index (χ4v) is 2.15. The van der Waals surface area contributed by atoms with Crippen LogP contribution in [0.3, 0.4) is 0 Å². The average molecular weight is 292 g/mol. The minimum absolute atomic E-state index is 0.405. The van der Waals surface area contributed by atoms with Crippen molar-refractivity contribution in [2.24, 2.45) is 0 Å². The summed E-state index contributed by atoms with van der Waals surface area (Å²) in [7, 11) is 1.53. The van der Waals surface area contributed by atoms with Gasteiger partial charge < -0.3 is 15.2 Å². The number of carbonyl (C=O) groups is 1. The van der Waals surface area contributed by atoms with E-state index in [0.29, 0.717) is 22.0 Å². The SMILES string of the molecule is COc1ccccc1NC(C(=O)O)c1ccccc1Cl. The quantitative estimate of drug-likeness (QED) is 0.884. The van der Waals surface area contributed by atoms with Crippen LogP contribution in [0, 0.1) is 0 Å². The Morgan fingerprint density at radius 3 is 2.50 bits per heavy atom. The Kier molecular flexibility index (Phi) is 4.48. The summed E-state index contributed by atoms with van der Waals surface area (Å²) >= 11 is 6.07. The topological polar surface area (TPSA) is 58.6 Å². The van der Waals surface area contributed by atoms with Gasteiger partial charge in [-0.3, -0.25) is 0 Å². The van der Waals surface area contributed by atoms with E-state index in [1.165, 1.54) is 7.11 Å². The highest BCUT2D eigenvalue weighted by Crippen LogP contribution is 2.30. The van der Waals surface area contributed by atoms with E-state index in [1.54, 1.807) is 42.5 Å². The first-order valence-electron chi connectivity index (χ1n) is 6.00. The number of methoxy groups -OCH3 is 1. The Labute approximate surface area is 122 Å². The Morgan fingerprint density at radius 2 is 1.85 bits per heavy atom. The van der Waals surface area contributed by atoms with Crippen LogP contribution in [0.1, 0.15) is 11.6 Å². The van der Waals surface area contributed by atoms with Crippen LogP contribution in [0.4, 0.5) is 5.69 Å². The number of ether oxygens (including phenoxy) is 1. The van der Waals surface area contributed by atoms with Crippen molar-refractivity contribution >= 4 is 23.3 Å². The monoisotopic (exact) mass is 291 g/mol. The zero-order chi connectivity index (χ0) is 14.5. The third kappa shape index (κ3) is 3.03. The number of hydrogen-bond acceptors (Lipinski definition) is 3. The molecule has 2 rings (SSSR count). The van der Waals surface area contributed by atoms with Crippen LogP contribution in [0.2, 0.25) is 5.02 Å². The van der Waals surface area contributed by atoms with E-state index >= 15 is 0 Å². The lowest BCUT2D eigenvalue weighted by Crippen LogP contribution is -2.21. The molecule has 0 aliphatic carbocycles. The van der Waals surface area contributed by atoms with Crippen molar-refractivity contribution in [2.75, 3.05) is 12.4 Å². The maximum Gasteiger partial charge on any atom is 0.330 e. The molecule has 0 bridgehead atoms. The van der Waals surface area contributed by atoms with Gasteiger partial charge >= 0.3 is 5.97 Å². The summed E-state index contributed by atoms with van der Waals surface area (Å²) in [6.45, 7) is 0. The van der Waals surface area contributed by atoms with Crippen LogP contribution in [0.5, 0.6) is 5.75 Å². The number of rotatable bonds is 5. The van der Waals surface area contributed by atoms with E-state index in [-0.39, 0.29) is 0 Å². The molecule has 0 spiro atoms. The summed E-state index contributed by atoms with van der Waals surface area (Å²) < 4.78 is 5.20. The molecule has 5 heteroatoms. The number of carboxylic acid groups (broad SMARTS) is 1. The van der Waals surface area contributed by atoms with Crippen LogP contribution in [-0.2, 0) is 4.79 Å². The normalized spacial score (nSPS) is 11.7. The van der Waals surface area contributed by atoms with Crippen molar-refractivity contribution in [1.29, 1.82) is 0 Å². The molecule has 0 amide bonds. The zero-order valence-corrected chi connectivity index (χ0v) is 11.6. The number of nitrogens with one attached hydrogen (secondary N) is 1. The highest BCUT2D eigenvalue weighted by atomic mass is 35.5. The van der Waals surface area contributed by atoms with Crippen LogP contribution >= 0.6 is 11.6 Å². The zero-order valence-electron chi connectivity index (χ0n) is 10.8. The summed E-state index contributed by atoms with van der Waals surface area (Å²) in [5.74, 6) is -0.435. The van der Waals surface area contributed by atoms with Crippen molar-refractivity contribution in [3.8, 4) is 5.75 Å². The van der Waals surface area contributed by atoms with Gasteiger partial charge in [0.15, 0.2) is 6.04 Å². The minimum atomic E-state index is -1.01. The largest absolute Gasteiger partial charge is 0.495 e. The van der Waals surface area contributed by atoms with Crippen molar-refractivity contribution in [3.05, 3.63) is 59.1 Å². The van der Waals surface area contributed by atoms with Gasteiger partial charge in [-0.15, -0.1) is 0 Å². The van der Waals surface area contributed by atoms with Crippen molar-refractivity contribution in [1.82, 2.24) is 0 Å². The first kappa shape index (κ1) is 14.2. The lowest BCUT2D eigenvalue weighted by atomic mass is 10.1. The van der Waals surface area contributed by atoms with Gasteiger partial charge in [-0.2, -0.15) is 0 Å². The molecule has 2 N–H and O–H groups in total. The second-order valence-electron chi connectivity index (χ2n) is 4.14. The lowest BCUT2D eigenvalue weighted by molar-refractivity contribution is -0.138. The number of carboxylic acids is 1. The molecular formula is C15H14ClNO3. The second-order valence-corrected chi connectivity index (χ2v) is 4.54. The predicted octanol–water partition coefficient (Wildman–Crippen LogP) is 3.59. The molecular weight excluding hydrogens is 278 g/mol. The molecule has 104 valence electrons. The second kappa shape index (κ2) is 6.30. The molecule has 0 heterocycles. The van der Waals surface area contributed by atoms with Gasteiger partial charge in [-0.05, 0) is 18.2 Å². The molecule has 0 aromatic heterocycles. The summed E-state index contributed by atoms with van der Waals surface area (Å²) in [4.78, 5) is 11.5. The fourth-order valence-electron chi connectivity index (χ4n) is 1.90. The Bertz CT molecular complexity index is 616. The van der Waals surface area contributed by atoms with E-state index in [9.17, 15) is 9.90 Å². The molecule has 0 aliphatic rings. The predicted molar refractivity (Wildman–Crippen MR) is 78.4 cm³/mol. The molecule has 0 radical (unpaired) electrons. The summed E-state index contributed by atoms with van der Waals surface area (Å²) in [5, 5.41) is 12.8. The van der Waals surface area contributed by atoms with Crippen LogP contribution in [0.25, 0.3) is 0 Å². The number of hydrogen-bond donors (Lipinski definition) is 2.